The molecule has 1 aliphatic heterocycles. The van der Waals surface area contributed by atoms with Crippen molar-refractivity contribution in [2.75, 3.05) is 39.7 Å². The molecule has 6 heteroatoms. The summed E-state index contributed by atoms with van der Waals surface area (Å²) in [5.74, 6) is 0.946. The lowest BCUT2D eigenvalue weighted by Gasteiger charge is -2.61. The maximum atomic E-state index is 5.95. The number of rotatable bonds is 6. The fourth-order valence-corrected chi connectivity index (χ4v) is 5.23. The van der Waals surface area contributed by atoms with Crippen LogP contribution in [0.25, 0.3) is 0 Å². The number of guanidine groups is 1. The van der Waals surface area contributed by atoms with Crippen molar-refractivity contribution < 1.29 is 9.47 Å². The highest BCUT2D eigenvalue weighted by Crippen LogP contribution is 2.57. The van der Waals surface area contributed by atoms with Crippen LogP contribution in [0.2, 0.25) is 0 Å². The van der Waals surface area contributed by atoms with Crippen LogP contribution in [0.3, 0.4) is 0 Å². The summed E-state index contributed by atoms with van der Waals surface area (Å²) in [7, 11) is 1.87. The normalized spacial score (nSPS) is 31.2. The third-order valence-electron chi connectivity index (χ3n) is 6.39. The van der Waals surface area contributed by atoms with E-state index >= 15 is 0 Å². The van der Waals surface area contributed by atoms with Gasteiger partial charge in [0, 0.05) is 49.6 Å². The molecule has 0 aromatic carbocycles. The molecule has 2 N–H and O–H groups in total. The van der Waals surface area contributed by atoms with Gasteiger partial charge in [0.15, 0.2) is 5.96 Å². The quantitative estimate of drug-likeness (QED) is 0.566. The highest BCUT2D eigenvalue weighted by Gasteiger charge is 2.59. The summed E-state index contributed by atoms with van der Waals surface area (Å²) in [5.41, 5.74) is 0.365. The smallest absolute Gasteiger partial charge is 0.191 e. The van der Waals surface area contributed by atoms with Gasteiger partial charge in [-0.3, -0.25) is 4.99 Å². The Morgan fingerprint density at radius 1 is 1.29 bits per heavy atom. The predicted octanol–water partition coefficient (Wildman–Crippen LogP) is 2.41. The van der Waals surface area contributed by atoms with E-state index in [2.05, 4.69) is 28.8 Å². The SMILES string of the molecule is CCOC1CC(NC(=NC)NCC2(SC)CCOCC2)C12CCC2. The second-order valence-electron chi connectivity index (χ2n) is 7.39. The highest BCUT2D eigenvalue weighted by atomic mass is 32.2. The molecular weight excluding hydrogens is 322 g/mol. The topological polar surface area (TPSA) is 54.9 Å². The molecule has 1 heterocycles. The lowest BCUT2D eigenvalue weighted by molar-refractivity contribution is -0.168. The van der Waals surface area contributed by atoms with Crippen molar-refractivity contribution in [1.82, 2.24) is 10.6 Å². The number of ether oxygens (including phenoxy) is 2. The molecule has 1 saturated heterocycles. The second kappa shape index (κ2) is 7.83. The van der Waals surface area contributed by atoms with E-state index in [4.69, 9.17) is 9.47 Å². The lowest BCUT2D eigenvalue weighted by atomic mass is 9.51. The molecule has 0 aromatic heterocycles. The van der Waals surface area contributed by atoms with Gasteiger partial charge in [-0.25, -0.2) is 0 Å². The third kappa shape index (κ3) is 3.42. The monoisotopic (exact) mass is 355 g/mol. The molecular formula is C18H33N3O2S. The first-order valence-electron chi connectivity index (χ1n) is 9.40. The maximum Gasteiger partial charge on any atom is 0.191 e. The number of nitrogens with one attached hydrogen (secondary N) is 2. The van der Waals surface area contributed by atoms with Crippen LogP contribution in [0, 0.1) is 5.41 Å². The Kier molecular flexibility index (Phi) is 5.98. The number of thioether (sulfide) groups is 1. The van der Waals surface area contributed by atoms with E-state index in [1.165, 1.54) is 19.3 Å². The summed E-state index contributed by atoms with van der Waals surface area (Å²) in [5, 5.41) is 7.27. The molecule has 0 bridgehead atoms. The van der Waals surface area contributed by atoms with Crippen LogP contribution in [0.1, 0.15) is 45.4 Å². The van der Waals surface area contributed by atoms with Crippen LogP contribution in [-0.2, 0) is 9.47 Å². The maximum absolute atomic E-state index is 5.95. The summed E-state index contributed by atoms with van der Waals surface area (Å²) in [6, 6.07) is 0.508. The largest absolute Gasteiger partial charge is 0.381 e. The number of hydrogen-bond acceptors (Lipinski definition) is 4. The van der Waals surface area contributed by atoms with Crippen LogP contribution < -0.4 is 10.6 Å². The van der Waals surface area contributed by atoms with Crippen LogP contribution in [0.5, 0.6) is 0 Å². The van der Waals surface area contributed by atoms with Gasteiger partial charge in [-0.2, -0.15) is 11.8 Å². The predicted molar refractivity (Wildman–Crippen MR) is 101 cm³/mol. The Balaban J connectivity index is 1.52. The van der Waals surface area contributed by atoms with Gasteiger partial charge in [-0.05, 0) is 45.3 Å². The Morgan fingerprint density at radius 3 is 2.58 bits per heavy atom. The molecule has 0 aromatic rings. The van der Waals surface area contributed by atoms with Gasteiger partial charge >= 0.3 is 0 Å². The average Bonchev–Trinajstić information content (AvgIpc) is 2.56. The van der Waals surface area contributed by atoms with Crippen LogP contribution in [0.15, 0.2) is 4.99 Å². The van der Waals surface area contributed by atoms with Crippen LogP contribution in [0.4, 0.5) is 0 Å². The van der Waals surface area contributed by atoms with E-state index < -0.39 is 0 Å². The van der Waals surface area contributed by atoms with Crippen molar-refractivity contribution in [3.8, 4) is 0 Å². The van der Waals surface area contributed by atoms with Gasteiger partial charge in [0.25, 0.3) is 0 Å². The Hall–Kier alpha value is -0.460. The van der Waals surface area contributed by atoms with Crippen molar-refractivity contribution in [3.05, 3.63) is 0 Å². The van der Waals surface area contributed by atoms with Gasteiger partial charge in [0.05, 0.1) is 6.10 Å². The molecule has 3 aliphatic rings. The van der Waals surface area contributed by atoms with E-state index in [0.29, 0.717) is 17.6 Å². The fourth-order valence-electron chi connectivity index (χ4n) is 4.44. The van der Waals surface area contributed by atoms with Gasteiger partial charge in [-0.1, -0.05) is 6.42 Å². The van der Waals surface area contributed by atoms with E-state index in [0.717, 1.165) is 51.6 Å². The zero-order valence-corrected chi connectivity index (χ0v) is 16.2. The summed E-state index contributed by atoms with van der Waals surface area (Å²) >= 11 is 1.96. The summed E-state index contributed by atoms with van der Waals surface area (Å²) < 4.78 is 11.8. The zero-order valence-electron chi connectivity index (χ0n) is 15.4. The number of nitrogens with zero attached hydrogens (tertiary/aromatic N) is 1. The van der Waals surface area contributed by atoms with Crippen molar-refractivity contribution in [2.24, 2.45) is 10.4 Å². The molecule has 138 valence electrons. The first-order valence-corrected chi connectivity index (χ1v) is 10.6. The van der Waals surface area contributed by atoms with Crippen LogP contribution >= 0.6 is 11.8 Å². The Labute approximate surface area is 150 Å². The van der Waals surface area contributed by atoms with Crippen molar-refractivity contribution in [2.45, 2.75) is 62.3 Å². The van der Waals surface area contributed by atoms with Crippen molar-refractivity contribution in [3.63, 3.8) is 0 Å². The summed E-state index contributed by atoms with van der Waals surface area (Å²) in [6.07, 6.45) is 9.90. The van der Waals surface area contributed by atoms with E-state index in [1.54, 1.807) is 0 Å². The van der Waals surface area contributed by atoms with Crippen molar-refractivity contribution in [1.29, 1.82) is 0 Å². The first kappa shape index (κ1) is 18.3. The van der Waals surface area contributed by atoms with Gasteiger partial charge in [0.2, 0.25) is 0 Å². The molecule has 24 heavy (non-hydrogen) atoms. The molecule has 2 atom stereocenters. The third-order valence-corrected chi connectivity index (χ3v) is 7.81. The molecule has 0 amide bonds. The molecule has 3 rings (SSSR count). The molecule has 1 spiro atoms. The Bertz CT molecular complexity index is 448. The minimum absolute atomic E-state index is 0.275. The highest BCUT2D eigenvalue weighted by molar-refractivity contribution is 8.00. The molecule has 0 radical (unpaired) electrons. The second-order valence-corrected chi connectivity index (χ2v) is 8.66. The standard InChI is InChI=1S/C18H33N3O2S/c1-4-23-15-12-14(18(15)6-5-7-18)21-16(19-2)20-13-17(24-3)8-10-22-11-9-17/h14-15H,4-13H2,1-3H3,(H2,19,20,21). The Morgan fingerprint density at radius 2 is 2.04 bits per heavy atom. The molecule has 2 aliphatic carbocycles. The van der Waals surface area contributed by atoms with Gasteiger partial charge in [0.1, 0.15) is 0 Å². The first-order chi connectivity index (χ1) is 11.7. The molecule has 2 saturated carbocycles. The summed E-state index contributed by atoms with van der Waals surface area (Å²) in [4.78, 5) is 4.47. The minimum atomic E-state index is 0.275. The average molecular weight is 356 g/mol. The van der Waals surface area contributed by atoms with Crippen LogP contribution in [-0.4, -0.2) is 62.5 Å². The minimum Gasteiger partial charge on any atom is -0.381 e. The van der Waals surface area contributed by atoms with E-state index in [9.17, 15) is 0 Å². The summed E-state index contributed by atoms with van der Waals surface area (Å²) in [6.45, 7) is 5.62. The fraction of sp³-hybridized carbons (Fsp3) is 0.944. The lowest BCUT2D eigenvalue weighted by Crippen LogP contribution is -2.69. The van der Waals surface area contributed by atoms with Gasteiger partial charge in [-0.15, -0.1) is 0 Å². The molecule has 2 unspecified atom stereocenters. The molecule has 3 fully saturated rings. The van der Waals surface area contributed by atoms with Crippen molar-refractivity contribution >= 4 is 17.7 Å². The van der Waals surface area contributed by atoms with E-state index in [-0.39, 0.29) is 4.75 Å². The number of aliphatic imine (C=N–C) groups is 1. The number of hydrogen-bond donors (Lipinski definition) is 2. The molecule has 5 nitrogen and oxygen atoms in total. The van der Waals surface area contributed by atoms with Gasteiger partial charge < -0.3 is 20.1 Å². The van der Waals surface area contributed by atoms with E-state index in [1.807, 2.05) is 18.8 Å². The zero-order chi connectivity index (χ0) is 17.0.